The zero-order valence-electron chi connectivity index (χ0n) is 10.1. The molecule has 3 aromatic rings. The maximum atomic E-state index is 12.0. The Bertz CT molecular complexity index is 759. The van der Waals surface area contributed by atoms with Crippen LogP contribution >= 0.6 is 11.6 Å². The maximum absolute atomic E-state index is 12.0. The molecule has 0 bridgehead atoms. The first-order valence-electron chi connectivity index (χ1n) is 5.73. The van der Waals surface area contributed by atoms with Crippen LogP contribution in [0.3, 0.4) is 0 Å². The van der Waals surface area contributed by atoms with E-state index in [0.29, 0.717) is 16.5 Å². The van der Waals surface area contributed by atoms with Gasteiger partial charge in [0.25, 0.3) is 5.91 Å². The van der Waals surface area contributed by atoms with E-state index < -0.39 is 0 Å². The molecule has 3 N–H and O–H groups in total. The van der Waals surface area contributed by atoms with E-state index in [1.807, 2.05) is 19.1 Å². The molecule has 0 fully saturated rings. The van der Waals surface area contributed by atoms with Gasteiger partial charge in [0, 0.05) is 27.7 Å². The summed E-state index contributed by atoms with van der Waals surface area (Å²) in [5, 5.41) is 11.0. The number of H-pyrrole nitrogens is 2. The third kappa shape index (κ3) is 2.32. The molecule has 0 aliphatic heterocycles. The Morgan fingerprint density at radius 3 is 2.89 bits per heavy atom. The second kappa shape index (κ2) is 4.44. The predicted molar refractivity (Wildman–Crippen MR) is 74.6 cm³/mol. The molecule has 0 atom stereocenters. The van der Waals surface area contributed by atoms with Gasteiger partial charge in [0.1, 0.15) is 5.69 Å². The second-order valence-electron chi connectivity index (χ2n) is 4.30. The lowest BCUT2D eigenvalue weighted by molar-refractivity contribution is 0.102. The molecule has 2 heterocycles. The number of carbonyl (C=O) groups is 1. The first kappa shape index (κ1) is 11.8. The maximum Gasteiger partial charge on any atom is 0.273 e. The third-order valence-corrected chi connectivity index (χ3v) is 3.01. The average Bonchev–Trinajstić information content (AvgIpc) is 2.95. The van der Waals surface area contributed by atoms with Gasteiger partial charge >= 0.3 is 0 Å². The fraction of sp³-hybridized carbons (Fsp3) is 0.0769. The SMILES string of the molecule is Cc1cc(NC(=O)c2cc3cc(Cl)ccc3[nH]2)n[nH]1. The number of nitrogens with one attached hydrogen (secondary N) is 3. The monoisotopic (exact) mass is 274 g/mol. The first-order chi connectivity index (χ1) is 9.11. The van der Waals surface area contributed by atoms with Crippen molar-refractivity contribution in [2.45, 2.75) is 6.92 Å². The van der Waals surface area contributed by atoms with Crippen LogP contribution in [0.4, 0.5) is 5.82 Å². The zero-order valence-corrected chi connectivity index (χ0v) is 10.9. The number of nitrogens with zero attached hydrogens (tertiary/aromatic N) is 1. The van der Waals surface area contributed by atoms with Gasteiger partial charge in [-0.1, -0.05) is 11.6 Å². The second-order valence-corrected chi connectivity index (χ2v) is 4.74. The van der Waals surface area contributed by atoms with Crippen LogP contribution in [0.15, 0.2) is 30.3 Å². The molecule has 0 radical (unpaired) electrons. The molecule has 2 aromatic heterocycles. The summed E-state index contributed by atoms with van der Waals surface area (Å²) in [5.41, 5.74) is 2.23. The minimum Gasteiger partial charge on any atom is -0.351 e. The highest BCUT2D eigenvalue weighted by atomic mass is 35.5. The summed E-state index contributed by atoms with van der Waals surface area (Å²) in [5.74, 6) is 0.262. The van der Waals surface area contributed by atoms with E-state index in [4.69, 9.17) is 11.6 Å². The molecule has 5 nitrogen and oxygen atoms in total. The van der Waals surface area contributed by atoms with Gasteiger partial charge in [-0.25, -0.2) is 0 Å². The van der Waals surface area contributed by atoms with E-state index >= 15 is 0 Å². The lowest BCUT2D eigenvalue weighted by atomic mass is 10.2. The van der Waals surface area contributed by atoms with E-state index in [2.05, 4.69) is 20.5 Å². The number of hydrogen-bond donors (Lipinski definition) is 3. The molecular formula is C13H11ClN4O. The summed E-state index contributed by atoms with van der Waals surface area (Å²) < 4.78 is 0. The molecule has 0 unspecified atom stereocenters. The summed E-state index contributed by atoms with van der Waals surface area (Å²) in [4.78, 5) is 15.1. The van der Waals surface area contributed by atoms with Crippen LogP contribution in [0.5, 0.6) is 0 Å². The Hall–Kier alpha value is -2.27. The van der Waals surface area contributed by atoms with E-state index in [1.54, 1.807) is 18.2 Å². The van der Waals surface area contributed by atoms with Crippen molar-refractivity contribution < 1.29 is 4.79 Å². The molecule has 1 amide bonds. The minimum absolute atomic E-state index is 0.237. The summed E-state index contributed by atoms with van der Waals surface area (Å²) >= 11 is 5.91. The van der Waals surface area contributed by atoms with Gasteiger partial charge in [-0.15, -0.1) is 0 Å². The first-order valence-corrected chi connectivity index (χ1v) is 6.11. The molecule has 96 valence electrons. The number of carbonyl (C=O) groups excluding carboxylic acids is 1. The Labute approximate surface area is 114 Å². The van der Waals surface area contributed by atoms with Crippen molar-refractivity contribution in [1.82, 2.24) is 15.2 Å². The van der Waals surface area contributed by atoms with Gasteiger partial charge in [-0.2, -0.15) is 5.10 Å². The molecule has 0 spiro atoms. The highest BCUT2D eigenvalue weighted by Gasteiger charge is 2.11. The summed E-state index contributed by atoms with van der Waals surface area (Å²) in [7, 11) is 0. The number of rotatable bonds is 2. The number of benzene rings is 1. The Balaban J connectivity index is 1.89. The molecule has 0 saturated carbocycles. The van der Waals surface area contributed by atoms with Crippen molar-refractivity contribution in [1.29, 1.82) is 0 Å². The molecule has 1 aromatic carbocycles. The van der Waals surface area contributed by atoms with Gasteiger partial charge in [-0.3, -0.25) is 9.89 Å². The highest BCUT2D eigenvalue weighted by molar-refractivity contribution is 6.31. The Morgan fingerprint density at radius 1 is 1.32 bits per heavy atom. The van der Waals surface area contributed by atoms with Gasteiger partial charge in [-0.05, 0) is 31.2 Å². The summed E-state index contributed by atoms with van der Waals surface area (Å²) in [6.45, 7) is 1.87. The van der Waals surface area contributed by atoms with Crippen LogP contribution in [-0.4, -0.2) is 21.1 Å². The van der Waals surface area contributed by atoms with E-state index in [9.17, 15) is 4.79 Å². The standard InChI is InChI=1S/C13H11ClN4O/c1-7-4-12(18-17-7)16-13(19)11-6-8-5-9(14)2-3-10(8)15-11/h2-6,15H,1H3,(H2,16,17,18,19). The molecule has 0 aliphatic carbocycles. The largest absolute Gasteiger partial charge is 0.351 e. The van der Waals surface area contributed by atoms with Crippen molar-refractivity contribution >= 4 is 34.2 Å². The molecule has 3 rings (SSSR count). The minimum atomic E-state index is -0.237. The predicted octanol–water partition coefficient (Wildman–Crippen LogP) is 3.11. The van der Waals surface area contributed by atoms with Gasteiger partial charge in [0.05, 0.1) is 0 Å². The smallest absolute Gasteiger partial charge is 0.273 e. The fourth-order valence-electron chi connectivity index (χ4n) is 1.89. The quantitative estimate of drug-likeness (QED) is 0.672. The van der Waals surface area contributed by atoms with Crippen LogP contribution in [0.2, 0.25) is 5.02 Å². The van der Waals surface area contributed by atoms with Crippen molar-refractivity contribution in [2.75, 3.05) is 5.32 Å². The van der Waals surface area contributed by atoms with Crippen LogP contribution in [-0.2, 0) is 0 Å². The number of fused-ring (bicyclic) bond motifs is 1. The van der Waals surface area contributed by atoms with Gasteiger partial charge in [0.15, 0.2) is 5.82 Å². The molecule has 6 heteroatoms. The highest BCUT2D eigenvalue weighted by Crippen LogP contribution is 2.20. The Morgan fingerprint density at radius 2 is 2.16 bits per heavy atom. The Kier molecular flexibility index (Phi) is 2.76. The lowest BCUT2D eigenvalue weighted by Gasteiger charge is -1.97. The van der Waals surface area contributed by atoms with Gasteiger partial charge in [0.2, 0.25) is 0 Å². The number of aromatic amines is 2. The zero-order chi connectivity index (χ0) is 13.4. The van der Waals surface area contributed by atoms with Crippen LogP contribution < -0.4 is 5.32 Å². The molecule has 0 aliphatic rings. The fourth-order valence-corrected chi connectivity index (χ4v) is 2.07. The number of aromatic nitrogens is 3. The lowest BCUT2D eigenvalue weighted by Crippen LogP contribution is -2.12. The van der Waals surface area contributed by atoms with Crippen LogP contribution in [0, 0.1) is 6.92 Å². The topological polar surface area (TPSA) is 73.6 Å². The van der Waals surface area contributed by atoms with Gasteiger partial charge < -0.3 is 10.3 Å². The van der Waals surface area contributed by atoms with E-state index in [-0.39, 0.29) is 5.91 Å². The third-order valence-electron chi connectivity index (χ3n) is 2.77. The number of hydrogen-bond acceptors (Lipinski definition) is 2. The van der Waals surface area contributed by atoms with E-state index in [1.165, 1.54) is 0 Å². The van der Waals surface area contributed by atoms with Crippen molar-refractivity contribution in [3.8, 4) is 0 Å². The van der Waals surface area contributed by atoms with Crippen LogP contribution in [0.25, 0.3) is 10.9 Å². The van der Waals surface area contributed by atoms with Crippen LogP contribution in [0.1, 0.15) is 16.2 Å². The number of aryl methyl sites for hydroxylation is 1. The normalized spacial score (nSPS) is 10.8. The summed E-state index contributed by atoms with van der Waals surface area (Å²) in [6, 6.07) is 8.95. The average molecular weight is 275 g/mol. The van der Waals surface area contributed by atoms with Crippen molar-refractivity contribution in [3.05, 3.63) is 46.7 Å². The number of anilines is 1. The number of halogens is 1. The summed E-state index contributed by atoms with van der Waals surface area (Å²) in [6.07, 6.45) is 0. The van der Waals surface area contributed by atoms with Crippen molar-refractivity contribution in [3.63, 3.8) is 0 Å². The van der Waals surface area contributed by atoms with Crippen molar-refractivity contribution in [2.24, 2.45) is 0 Å². The molecule has 0 saturated heterocycles. The molecule has 19 heavy (non-hydrogen) atoms. The molecular weight excluding hydrogens is 264 g/mol. The van der Waals surface area contributed by atoms with E-state index in [0.717, 1.165) is 16.6 Å². The number of amides is 1.